The molecule has 0 radical (unpaired) electrons. The van der Waals surface area contributed by atoms with Gasteiger partial charge in [0.15, 0.2) is 5.78 Å². The van der Waals surface area contributed by atoms with Gasteiger partial charge in [-0.25, -0.2) is 0 Å². The second-order valence-corrected chi connectivity index (χ2v) is 3.54. The highest BCUT2D eigenvalue weighted by Gasteiger charge is 2.53. The van der Waals surface area contributed by atoms with Gasteiger partial charge in [-0.05, 0) is 0 Å². The maximum atomic E-state index is 11.4. The molecule has 0 amide bonds. The van der Waals surface area contributed by atoms with Crippen molar-refractivity contribution in [3.8, 4) is 0 Å². The largest absolute Gasteiger partial charge is 0.388 e. The van der Waals surface area contributed by atoms with Crippen LogP contribution in [-0.2, 0) is 9.53 Å². The molecule has 0 aromatic heterocycles. The first kappa shape index (κ1) is 10.6. The molecule has 0 aromatic rings. The number of aliphatic hydroxyl groups excluding tert-OH is 2. The highest BCUT2D eigenvalue weighted by molar-refractivity contribution is 5.88. The fourth-order valence-electron chi connectivity index (χ4n) is 1.28. The topological polar surface area (TPSA) is 87.0 Å². The van der Waals surface area contributed by atoms with Gasteiger partial charge in [0.1, 0.15) is 12.2 Å². The van der Waals surface area contributed by atoms with Crippen LogP contribution in [0.15, 0.2) is 0 Å². The zero-order chi connectivity index (χ0) is 10.2. The summed E-state index contributed by atoms with van der Waals surface area (Å²) < 4.78 is 4.69. The van der Waals surface area contributed by atoms with Crippen LogP contribution in [0, 0.1) is 5.92 Å². The summed E-state index contributed by atoms with van der Waals surface area (Å²) in [6.45, 7) is 2.94. The lowest BCUT2D eigenvalue weighted by atomic mass is 9.96. The molecule has 5 nitrogen and oxygen atoms in total. The first-order chi connectivity index (χ1) is 5.89. The van der Waals surface area contributed by atoms with Crippen molar-refractivity contribution >= 4 is 5.78 Å². The lowest BCUT2D eigenvalue weighted by Gasteiger charge is -2.25. The molecule has 0 spiro atoms. The molecule has 0 aliphatic carbocycles. The average molecular weight is 190 g/mol. The van der Waals surface area contributed by atoms with Crippen LogP contribution in [0.2, 0.25) is 0 Å². The van der Waals surface area contributed by atoms with E-state index in [1.807, 2.05) is 0 Å². The molecular formula is C8H14O5. The zero-order valence-electron chi connectivity index (χ0n) is 7.60. The minimum absolute atomic E-state index is 0.226. The summed E-state index contributed by atoms with van der Waals surface area (Å²) in [4.78, 5) is 11.4. The van der Waals surface area contributed by atoms with Gasteiger partial charge in [0.2, 0.25) is 0 Å². The number of ether oxygens (including phenoxy) is 1. The summed E-state index contributed by atoms with van der Waals surface area (Å²) in [5, 5.41) is 28.0. The van der Waals surface area contributed by atoms with Crippen molar-refractivity contribution in [3.05, 3.63) is 0 Å². The van der Waals surface area contributed by atoms with Gasteiger partial charge in [0, 0.05) is 5.92 Å². The van der Waals surface area contributed by atoms with E-state index in [2.05, 4.69) is 0 Å². The number of rotatable bonds is 2. The predicted molar refractivity (Wildman–Crippen MR) is 42.8 cm³/mol. The van der Waals surface area contributed by atoms with Crippen LogP contribution >= 0.6 is 0 Å². The number of carbonyl (C=O) groups is 1. The molecule has 1 aliphatic heterocycles. The monoisotopic (exact) mass is 190 g/mol. The third-order valence-corrected chi connectivity index (χ3v) is 2.12. The molecule has 1 rings (SSSR count). The molecule has 3 N–H and O–H groups in total. The molecule has 0 bridgehead atoms. The smallest absolute Gasteiger partial charge is 0.256 e. The first-order valence-corrected chi connectivity index (χ1v) is 4.16. The molecule has 0 aromatic carbocycles. The van der Waals surface area contributed by atoms with Crippen LogP contribution in [0.25, 0.3) is 0 Å². The Kier molecular flexibility index (Phi) is 2.72. The molecular weight excluding hydrogens is 176 g/mol. The standard InChI is InChI=1S/C8H14O5/c1-4(2)6(10)8(12)7(11)5(9)3-13-8/h4-5,7,9,11-12H,3H2,1-2H3/t5-,7+,8+/m0/s1. The van der Waals surface area contributed by atoms with Gasteiger partial charge in [-0.1, -0.05) is 13.8 Å². The molecule has 1 aliphatic rings. The van der Waals surface area contributed by atoms with Gasteiger partial charge in [-0.2, -0.15) is 0 Å². The van der Waals surface area contributed by atoms with E-state index in [4.69, 9.17) is 9.84 Å². The van der Waals surface area contributed by atoms with Crippen molar-refractivity contribution in [3.63, 3.8) is 0 Å². The van der Waals surface area contributed by atoms with E-state index in [1.54, 1.807) is 13.8 Å². The third kappa shape index (κ3) is 1.60. The number of Topliss-reactive ketones (excluding diaryl/α,β-unsaturated/α-hetero) is 1. The number of carbonyl (C=O) groups excluding carboxylic acids is 1. The molecule has 1 saturated heterocycles. The molecule has 13 heavy (non-hydrogen) atoms. The molecule has 76 valence electrons. The molecule has 1 fully saturated rings. The van der Waals surface area contributed by atoms with Crippen molar-refractivity contribution in [2.75, 3.05) is 6.61 Å². The fraction of sp³-hybridized carbons (Fsp3) is 0.875. The maximum Gasteiger partial charge on any atom is 0.256 e. The highest BCUT2D eigenvalue weighted by Crippen LogP contribution is 2.27. The Labute approximate surface area is 75.9 Å². The zero-order valence-corrected chi connectivity index (χ0v) is 7.60. The highest BCUT2D eigenvalue weighted by atomic mass is 16.7. The lowest BCUT2D eigenvalue weighted by molar-refractivity contribution is -0.215. The van der Waals surface area contributed by atoms with E-state index in [0.29, 0.717) is 0 Å². The van der Waals surface area contributed by atoms with Crippen LogP contribution in [0.5, 0.6) is 0 Å². The van der Waals surface area contributed by atoms with E-state index >= 15 is 0 Å². The van der Waals surface area contributed by atoms with E-state index in [1.165, 1.54) is 0 Å². The summed E-state index contributed by atoms with van der Waals surface area (Å²) in [5.74, 6) is -3.30. The van der Waals surface area contributed by atoms with Gasteiger partial charge in [0.05, 0.1) is 6.61 Å². The van der Waals surface area contributed by atoms with E-state index in [9.17, 15) is 15.0 Å². The van der Waals surface area contributed by atoms with Crippen molar-refractivity contribution in [1.82, 2.24) is 0 Å². The van der Waals surface area contributed by atoms with Crippen LogP contribution in [0.3, 0.4) is 0 Å². The van der Waals surface area contributed by atoms with Gasteiger partial charge < -0.3 is 20.1 Å². The van der Waals surface area contributed by atoms with Gasteiger partial charge in [-0.15, -0.1) is 0 Å². The third-order valence-electron chi connectivity index (χ3n) is 2.12. The predicted octanol–water partition coefficient (Wildman–Crippen LogP) is -1.35. The summed E-state index contributed by atoms with van der Waals surface area (Å²) in [6.07, 6.45) is -2.75. The number of aliphatic hydroxyl groups is 3. The molecule has 1 heterocycles. The van der Waals surface area contributed by atoms with E-state index in [-0.39, 0.29) is 6.61 Å². The Morgan fingerprint density at radius 1 is 1.54 bits per heavy atom. The summed E-state index contributed by atoms with van der Waals surface area (Å²) >= 11 is 0. The Morgan fingerprint density at radius 2 is 2.08 bits per heavy atom. The summed E-state index contributed by atoms with van der Waals surface area (Å²) in [6, 6.07) is 0. The Hall–Kier alpha value is -0.490. The van der Waals surface area contributed by atoms with Gasteiger partial charge >= 0.3 is 0 Å². The minimum Gasteiger partial charge on any atom is -0.388 e. The summed E-state index contributed by atoms with van der Waals surface area (Å²) in [7, 11) is 0. The Morgan fingerprint density at radius 3 is 2.38 bits per heavy atom. The van der Waals surface area contributed by atoms with Gasteiger partial charge in [0.25, 0.3) is 5.79 Å². The van der Waals surface area contributed by atoms with E-state index in [0.717, 1.165) is 0 Å². The Bertz CT molecular complexity index is 215. The van der Waals surface area contributed by atoms with Gasteiger partial charge in [-0.3, -0.25) is 4.79 Å². The number of ketones is 1. The van der Waals surface area contributed by atoms with Crippen LogP contribution in [0.4, 0.5) is 0 Å². The van der Waals surface area contributed by atoms with Crippen molar-refractivity contribution in [2.24, 2.45) is 5.92 Å². The molecule has 3 atom stereocenters. The number of hydrogen-bond acceptors (Lipinski definition) is 5. The van der Waals surface area contributed by atoms with Crippen molar-refractivity contribution in [2.45, 2.75) is 31.8 Å². The molecule has 0 unspecified atom stereocenters. The lowest BCUT2D eigenvalue weighted by Crippen LogP contribution is -2.51. The second kappa shape index (κ2) is 3.34. The first-order valence-electron chi connectivity index (χ1n) is 4.16. The normalized spacial score (nSPS) is 39.8. The fourth-order valence-corrected chi connectivity index (χ4v) is 1.28. The quantitative estimate of drug-likeness (QED) is 0.501. The van der Waals surface area contributed by atoms with E-state index < -0.39 is 29.7 Å². The van der Waals surface area contributed by atoms with Crippen molar-refractivity contribution < 1.29 is 24.9 Å². The minimum atomic E-state index is -2.23. The Balaban J connectivity index is 2.83. The van der Waals surface area contributed by atoms with Crippen LogP contribution in [-0.4, -0.2) is 45.7 Å². The molecule has 0 saturated carbocycles. The van der Waals surface area contributed by atoms with Crippen LogP contribution < -0.4 is 0 Å². The molecule has 5 heteroatoms. The second-order valence-electron chi connectivity index (χ2n) is 3.54. The van der Waals surface area contributed by atoms with Crippen molar-refractivity contribution in [1.29, 1.82) is 0 Å². The maximum absolute atomic E-state index is 11.4. The average Bonchev–Trinajstić information content (AvgIpc) is 2.33. The number of hydrogen-bond donors (Lipinski definition) is 3. The van der Waals surface area contributed by atoms with Crippen LogP contribution in [0.1, 0.15) is 13.8 Å². The SMILES string of the molecule is CC(C)C(=O)[C@@]1(O)OC[C@H](O)[C@H]1O. The summed E-state index contributed by atoms with van der Waals surface area (Å²) in [5.41, 5.74) is 0.